The number of benzene rings is 2. The lowest BCUT2D eigenvalue weighted by Crippen LogP contribution is -2.30. The Bertz CT molecular complexity index is 818. The van der Waals surface area contributed by atoms with Crippen molar-refractivity contribution in [2.24, 2.45) is 0 Å². The van der Waals surface area contributed by atoms with Gasteiger partial charge in [0.1, 0.15) is 5.75 Å². The number of nitrogens with zero attached hydrogens (tertiary/aromatic N) is 4. The van der Waals surface area contributed by atoms with Crippen LogP contribution in [0, 0.1) is 0 Å². The molecule has 0 amide bonds. The van der Waals surface area contributed by atoms with Crippen LogP contribution >= 0.6 is 11.8 Å². The number of rotatable bonds is 3. The molecule has 2 aromatic carbocycles. The molecule has 0 fully saturated rings. The molecule has 0 saturated heterocycles. The maximum atomic E-state index is 5.47. The van der Waals surface area contributed by atoms with Gasteiger partial charge in [-0.25, -0.2) is 0 Å². The quantitative estimate of drug-likeness (QED) is 0.738. The third-order valence-electron chi connectivity index (χ3n) is 3.85. The summed E-state index contributed by atoms with van der Waals surface area (Å²) < 4.78 is 7.61. The minimum Gasteiger partial charge on any atom is -0.496 e. The van der Waals surface area contributed by atoms with Crippen LogP contribution < -0.4 is 9.64 Å². The Balaban J connectivity index is 1.73. The van der Waals surface area contributed by atoms with Crippen molar-refractivity contribution in [3.63, 3.8) is 0 Å². The van der Waals surface area contributed by atoms with Gasteiger partial charge in [-0.2, -0.15) is 0 Å². The Morgan fingerprint density at radius 2 is 1.78 bits per heavy atom. The molecule has 2 heterocycles. The molecule has 116 valence electrons. The summed E-state index contributed by atoms with van der Waals surface area (Å²) in [5.41, 5.74) is 2.16. The minimum absolute atomic E-state index is 0.729. The highest BCUT2D eigenvalue weighted by Gasteiger charge is 2.23. The van der Waals surface area contributed by atoms with E-state index in [-0.39, 0.29) is 0 Å². The van der Waals surface area contributed by atoms with Crippen molar-refractivity contribution in [1.29, 1.82) is 0 Å². The number of aromatic nitrogens is 3. The van der Waals surface area contributed by atoms with Gasteiger partial charge in [0.2, 0.25) is 0 Å². The molecule has 0 bridgehead atoms. The molecule has 0 radical (unpaired) electrons. The number of thioether (sulfide) groups is 1. The van der Waals surface area contributed by atoms with Crippen molar-refractivity contribution in [1.82, 2.24) is 14.8 Å². The molecule has 0 N–H and O–H groups in total. The molecule has 3 aromatic rings. The number of para-hydroxylation sites is 2. The molecule has 0 aliphatic carbocycles. The molecule has 1 aromatic heterocycles. The molecule has 0 unspecified atom stereocenters. The standard InChI is InChI=1S/C17H16N4OS/c1-22-15-10-6-5-9-14(15)16-18-19-17-21(16)11-20(12-23-17)13-7-3-2-4-8-13/h2-10H,11-12H2,1H3. The van der Waals surface area contributed by atoms with Crippen LogP contribution in [0.4, 0.5) is 5.69 Å². The third kappa shape index (κ3) is 2.55. The van der Waals surface area contributed by atoms with Crippen LogP contribution in [0.25, 0.3) is 11.4 Å². The molecule has 1 aliphatic heterocycles. The summed E-state index contributed by atoms with van der Waals surface area (Å²) in [6.45, 7) is 0.729. The molecule has 1 aliphatic rings. The van der Waals surface area contributed by atoms with Crippen molar-refractivity contribution in [3.8, 4) is 17.1 Å². The SMILES string of the molecule is COc1ccccc1-c1nnc2n1CN(c1ccccc1)CS2. The second kappa shape index (κ2) is 5.96. The van der Waals surface area contributed by atoms with E-state index in [9.17, 15) is 0 Å². The normalized spacial score (nSPS) is 13.7. The van der Waals surface area contributed by atoms with E-state index < -0.39 is 0 Å². The number of ether oxygens (including phenoxy) is 1. The zero-order valence-corrected chi connectivity index (χ0v) is 13.5. The summed E-state index contributed by atoms with van der Waals surface area (Å²) in [6.07, 6.45) is 0. The topological polar surface area (TPSA) is 43.2 Å². The second-order valence-electron chi connectivity index (χ2n) is 5.22. The summed E-state index contributed by atoms with van der Waals surface area (Å²) >= 11 is 1.70. The maximum absolute atomic E-state index is 5.47. The molecule has 4 rings (SSSR count). The molecule has 23 heavy (non-hydrogen) atoms. The molecule has 0 saturated carbocycles. The minimum atomic E-state index is 0.729. The van der Waals surface area contributed by atoms with Crippen LogP contribution in [-0.4, -0.2) is 27.8 Å². The van der Waals surface area contributed by atoms with Crippen LogP contribution in [0.1, 0.15) is 0 Å². The zero-order valence-electron chi connectivity index (χ0n) is 12.7. The summed E-state index contributed by atoms with van der Waals surface area (Å²) in [7, 11) is 1.68. The summed E-state index contributed by atoms with van der Waals surface area (Å²) in [4.78, 5) is 2.31. The van der Waals surface area contributed by atoms with Gasteiger partial charge in [-0.05, 0) is 24.3 Å². The molecular weight excluding hydrogens is 308 g/mol. The van der Waals surface area contributed by atoms with Crippen LogP contribution in [0.5, 0.6) is 5.75 Å². The van der Waals surface area contributed by atoms with Gasteiger partial charge in [0, 0.05) is 5.69 Å². The average Bonchev–Trinajstić information content (AvgIpc) is 3.05. The van der Waals surface area contributed by atoms with Gasteiger partial charge in [0.05, 0.1) is 25.2 Å². The summed E-state index contributed by atoms with van der Waals surface area (Å²) in [5.74, 6) is 2.52. The van der Waals surface area contributed by atoms with Crippen molar-refractivity contribution >= 4 is 17.4 Å². The Morgan fingerprint density at radius 1 is 1.00 bits per heavy atom. The van der Waals surface area contributed by atoms with E-state index in [0.29, 0.717) is 0 Å². The monoisotopic (exact) mass is 324 g/mol. The maximum Gasteiger partial charge on any atom is 0.194 e. The second-order valence-corrected chi connectivity index (χ2v) is 6.14. The van der Waals surface area contributed by atoms with Gasteiger partial charge in [-0.3, -0.25) is 4.57 Å². The van der Waals surface area contributed by atoms with Gasteiger partial charge in [-0.15, -0.1) is 10.2 Å². The number of anilines is 1. The predicted molar refractivity (Wildman–Crippen MR) is 91.7 cm³/mol. The summed E-state index contributed by atoms with van der Waals surface area (Å²) in [6, 6.07) is 18.3. The fraction of sp³-hybridized carbons (Fsp3) is 0.176. The van der Waals surface area contributed by atoms with Gasteiger partial charge < -0.3 is 9.64 Å². The van der Waals surface area contributed by atoms with Crippen molar-refractivity contribution in [2.75, 3.05) is 17.9 Å². The number of hydrogen-bond donors (Lipinski definition) is 0. The fourth-order valence-corrected chi connectivity index (χ4v) is 3.59. The first-order chi connectivity index (χ1) is 11.4. The number of fused-ring (bicyclic) bond motifs is 1. The van der Waals surface area contributed by atoms with E-state index in [0.717, 1.165) is 34.8 Å². The number of methoxy groups -OCH3 is 1. The first-order valence-electron chi connectivity index (χ1n) is 7.36. The van der Waals surface area contributed by atoms with Crippen molar-refractivity contribution in [3.05, 3.63) is 54.6 Å². The van der Waals surface area contributed by atoms with Crippen molar-refractivity contribution in [2.45, 2.75) is 11.8 Å². The molecule has 0 atom stereocenters. The van der Waals surface area contributed by atoms with E-state index in [1.807, 2.05) is 30.3 Å². The van der Waals surface area contributed by atoms with E-state index in [4.69, 9.17) is 4.74 Å². The first-order valence-corrected chi connectivity index (χ1v) is 8.35. The van der Waals surface area contributed by atoms with Gasteiger partial charge in [0.15, 0.2) is 11.0 Å². The van der Waals surface area contributed by atoms with E-state index in [1.165, 1.54) is 5.69 Å². The number of hydrogen-bond acceptors (Lipinski definition) is 5. The Morgan fingerprint density at radius 3 is 2.61 bits per heavy atom. The Hall–Kier alpha value is -2.47. The molecule has 0 spiro atoms. The summed E-state index contributed by atoms with van der Waals surface area (Å²) in [5, 5.41) is 9.66. The lowest BCUT2D eigenvalue weighted by Gasteiger charge is -2.29. The Labute approximate surface area is 138 Å². The lowest BCUT2D eigenvalue weighted by molar-refractivity contribution is 0.415. The van der Waals surface area contributed by atoms with Crippen LogP contribution in [0.15, 0.2) is 59.8 Å². The van der Waals surface area contributed by atoms with Crippen LogP contribution in [0.3, 0.4) is 0 Å². The lowest BCUT2D eigenvalue weighted by atomic mass is 10.2. The molecular formula is C17H16N4OS. The van der Waals surface area contributed by atoms with Crippen molar-refractivity contribution < 1.29 is 4.74 Å². The smallest absolute Gasteiger partial charge is 0.194 e. The predicted octanol–water partition coefficient (Wildman–Crippen LogP) is 3.48. The zero-order chi connectivity index (χ0) is 15.6. The van der Waals surface area contributed by atoms with Gasteiger partial charge in [0.25, 0.3) is 0 Å². The fourth-order valence-electron chi connectivity index (χ4n) is 2.69. The Kier molecular flexibility index (Phi) is 3.67. The highest BCUT2D eigenvalue weighted by molar-refractivity contribution is 7.99. The molecule has 6 heteroatoms. The largest absolute Gasteiger partial charge is 0.496 e. The highest BCUT2D eigenvalue weighted by atomic mass is 32.2. The highest BCUT2D eigenvalue weighted by Crippen LogP contribution is 2.34. The van der Waals surface area contributed by atoms with Crippen LogP contribution in [0.2, 0.25) is 0 Å². The van der Waals surface area contributed by atoms with E-state index in [1.54, 1.807) is 18.9 Å². The van der Waals surface area contributed by atoms with Gasteiger partial charge in [-0.1, -0.05) is 42.1 Å². The average molecular weight is 324 g/mol. The van der Waals surface area contributed by atoms with E-state index >= 15 is 0 Å². The third-order valence-corrected chi connectivity index (χ3v) is 4.85. The first kappa shape index (κ1) is 14.1. The van der Waals surface area contributed by atoms with Crippen LogP contribution in [-0.2, 0) is 6.67 Å². The van der Waals surface area contributed by atoms with Gasteiger partial charge >= 0.3 is 0 Å². The van der Waals surface area contributed by atoms with E-state index in [2.05, 4.69) is 43.9 Å². The molecule has 5 nitrogen and oxygen atoms in total.